The van der Waals surface area contributed by atoms with Crippen LogP contribution >= 0.6 is 0 Å². The van der Waals surface area contributed by atoms with E-state index in [9.17, 15) is 0 Å². The summed E-state index contributed by atoms with van der Waals surface area (Å²) in [5.74, 6) is 0. The second kappa shape index (κ2) is 5.55. The normalized spacial score (nSPS) is 12.5. The Hall–Kier alpha value is -0.0800. The molecule has 2 heteroatoms. The molecule has 0 saturated carbocycles. The van der Waals surface area contributed by atoms with Crippen LogP contribution in [0.15, 0.2) is 0 Å². The fourth-order valence-electron chi connectivity index (χ4n) is 0.931. The molecule has 0 aliphatic carbocycles. The molecule has 0 rings (SSSR count). The molecule has 0 amide bonds. The van der Waals surface area contributed by atoms with Gasteiger partial charge in [-0.2, -0.15) is 5.48 Å². The molecule has 0 heterocycles. The predicted octanol–water partition coefficient (Wildman–Crippen LogP) is 2.88. The summed E-state index contributed by atoms with van der Waals surface area (Å²) in [7, 11) is 0. The van der Waals surface area contributed by atoms with Crippen molar-refractivity contribution in [1.82, 2.24) is 5.48 Å². The highest BCUT2D eigenvalue weighted by molar-refractivity contribution is 4.67. The van der Waals surface area contributed by atoms with E-state index in [2.05, 4.69) is 40.1 Å². The Balaban J connectivity index is 3.56. The summed E-state index contributed by atoms with van der Waals surface area (Å²) in [5, 5.41) is 0. The fourth-order valence-corrected chi connectivity index (χ4v) is 0.931. The van der Waals surface area contributed by atoms with Crippen molar-refractivity contribution in [3.63, 3.8) is 0 Å². The van der Waals surface area contributed by atoms with Crippen LogP contribution in [0.3, 0.4) is 0 Å². The average molecular weight is 173 g/mol. The largest absolute Gasteiger partial charge is 0.296 e. The van der Waals surface area contributed by atoms with E-state index in [4.69, 9.17) is 4.84 Å². The lowest BCUT2D eigenvalue weighted by atomic mass is 10.0. The average Bonchev–Trinajstić information content (AvgIpc) is 1.98. The van der Waals surface area contributed by atoms with Crippen molar-refractivity contribution in [3.05, 3.63) is 0 Å². The van der Waals surface area contributed by atoms with Crippen LogP contribution in [0.4, 0.5) is 0 Å². The van der Waals surface area contributed by atoms with Crippen LogP contribution in [0.2, 0.25) is 0 Å². The quantitative estimate of drug-likeness (QED) is 0.624. The predicted molar refractivity (Wildman–Crippen MR) is 53.0 cm³/mol. The molecular formula is C10H23NO. The highest BCUT2D eigenvalue weighted by Gasteiger charge is 2.17. The molecule has 0 unspecified atom stereocenters. The highest BCUT2D eigenvalue weighted by atomic mass is 16.7. The molecular weight excluding hydrogens is 150 g/mol. The molecule has 0 aromatic heterocycles. The molecule has 1 N–H and O–H groups in total. The number of hydrogen-bond donors (Lipinski definition) is 1. The van der Waals surface area contributed by atoms with E-state index in [1.807, 2.05) is 0 Å². The van der Waals surface area contributed by atoms with E-state index in [0.717, 1.165) is 6.42 Å². The van der Waals surface area contributed by atoms with Crippen molar-refractivity contribution in [1.29, 1.82) is 0 Å². The number of rotatable bonds is 6. The van der Waals surface area contributed by atoms with Crippen molar-refractivity contribution in [3.8, 4) is 0 Å². The van der Waals surface area contributed by atoms with Gasteiger partial charge in [0.2, 0.25) is 0 Å². The lowest BCUT2D eigenvalue weighted by molar-refractivity contribution is -0.0995. The van der Waals surface area contributed by atoms with E-state index >= 15 is 0 Å². The molecule has 0 bridgehead atoms. The maximum atomic E-state index is 5.54. The monoisotopic (exact) mass is 173 g/mol. The lowest BCUT2D eigenvalue weighted by Gasteiger charge is -2.26. The Morgan fingerprint density at radius 3 is 2.33 bits per heavy atom. The van der Waals surface area contributed by atoms with Gasteiger partial charge in [0, 0.05) is 6.04 Å². The van der Waals surface area contributed by atoms with Gasteiger partial charge < -0.3 is 0 Å². The maximum Gasteiger partial charge on any atom is 0.0841 e. The van der Waals surface area contributed by atoms with Crippen LogP contribution in [-0.4, -0.2) is 11.6 Å². The van der Waals surface area contributed by atoms with Gasteiger partial charge >= 0.3 is 0 Å². The molecule has 74 valence electrons. The van der Waals surface area contributed by atoms with E-state index in [1.165, 1.54) is 12.8 Å². The number of hydroxylamine groups is 1. The Morgan fingerprint density at radius 1 is 1.33 bits per heavy atom. The van der Waals surface area contributed by atoms with Crippen molar-refractivity contribution in [2.24, 2.45) is 0 Å². The summed E-state index contributed by atoms with van der Waals surface area (Å²) in [5.41, 5.74) is 2.97. The first-order valence-electron chi connectivity index (χ1n) is 4.91. The third kappa shape index (κ3) is 6.62. The summed E-state index contributed by atoms with van der Waals surface area (Å²) in [4.78, 5) is 5.54. The SMILES string of the molecule is CCCCC(C)(C)ONC(C)C. The zero-order valence-electron chi connectivity index (χ0n) is 9.11. The molecule has 0 atom stereocenters. The Kier molecular flexibility index (Phi) is 5.51. The fraction of sp³-hybridized carbons (Fsp3) is 1.00. The van der Waals surface area contributed by atoms with Crippen molar-refractivity contribution in [2.45, 2.75) is 65.5 Å². The van der Waals surface area contributed by atoms with Crippen LogP contribution < -0.4 is 5.48 Å². The topological polar surface area (TPSA) is 21.3 Å². The van der Waals surface area contributed by atoms with Gasteiger partial charge in [0.05, 0.1) is 5.60 Å². The van der Waals surface area contributed by atoms with Crippen LogP contribution in [0.1, 0.15) is 53.9 Å². The van der Waals surface area contributed by atoms with Crippen molar-refractivity contribution >= 4 is 0 Å². The minimum atomic E-state index is -0.0275. The van der Waals surface area contributed by atoms with Crippen molar-refractivity contribution in [2.75, 3.05) is 0 Å². The molecule has 12 heavy (non-hydrogen) atoms. The van der Waals surface area contributed by atoms with Gasteiger partial charge in [0.25, 0.3) is 0 Å². The molecule has 0 aliphatic heterocycles. The van der Waals surface area contributed by atoms with Gasteiger partial charge in [0.1, 0.15) is 0 Å². The molecule has 2 nitrogen and oxygen atoms in total. The van der Waals surface area contributed by atoms with Crippen LogP contribution in [0.5, 0.6) is 0 Å². The van der Waals surface area contributed by atoms with Gasteiger partial charge in [0.15, 0.2) is 0 Å². The van der Waals surface area contributed by atoms with Crippen LogP contribution in [-0.2, 0) is 4.84 Å². The summed E-state index contributed by atoms with van der Waals surface area (Å²) < 4.78 is 0. The molecule has 0 aromatic carbocycles. The van der Waals surface area contributed by atoms with Gasteiger partial charge in [-0.1, -0.05) is 19.8 Å². The minimum absolute atomic E-state index is 0.0275. The third-order valence-corrected chi connectivity index (χ3v) is 1.70. The number of unbranched alkanes of at least 4 members (excludes halogenated alkanes) is 1. The van der Waals surface area contributed by atoms with Gasteiger partial charge in [-0.3, -0.25) is 4.84 Å². The highest BCUT2D eigenvalue weighted by Crippen LogP contribution is 2.16. The molecule has 0 radical (unpaired) electrons. The van der Waals surface area contributed by atoms with E-state index < -0.39 is 0 Å². The summed E-state index contributed by atoms with van der Waals surface area (Å²) in [6, 6.07) is 0.394. The number of hydrogen-bond acceptors (Lipinski definition) is 2. The van der Waals surface area contributed by atoms with Gasteiger partial charge in [-0.15, -0.1) is 0 Å². The molecule has 0 spiro atoms. The smallest absolute Gasteiger partial charge is 0.0841 e. The van der Waals surface area contributed by atoms with E-state index in [0.29, 0.717) is 6.04 Å². The molecule has 0 saturated heterocycles. The second-order valence-corrected chi connectivity index (χ2v) is 4.24. The van der Waals surface area contributed by atoms with Crippen molar-refractivity contribution < 1.29 is 4.84 Å². The maximum absolute atomic E-state index is 5.54. The first-order valence-corrected chi connectivity index (χ1v) is 4.91. The third-order valence-electron chi connectivity index (χ3n) is 1.70. The first kappa shape index (κ1) is 11.9. The van der Waals surface area contributed by atoms with Crippen LogP contribution in [0, 0.1) is 0 Å². The molecule has 0 aliphatic rings. The number of nitrogens with one attached hydrogen (secondary N) is 1. The Bertz CT molecular complexity index is 110. The van der Waals surface area contributed by atoms with Crippen LogP contribution in [0.25, 0.3) is 0 Å². The summed E-state index contributed by atoms with van der Waals surface area (Å²) >= 11 is 0. The lowest BCUT2D eigenvalue weighted by Crippen LogP contribution is -2.35. The van der Waals surface area contributed by atoms with Gasteiger partial charge in [-0.05, 0) is 34.1 Å². The van der Waals surface area contributed by atoms with Gasteiger partial charge in [-0.25, -0.2) is 0 Å². The zero-order valence-corrected chi connectivity index (χ0v) is 9.11. The Morgan fingerprint density at radius 2 is 1.92 bits per heavy atom. The standard InChI is InChI=1S/C10H23NO/c1-6-7-8-10(4,5)12-11-9(2)3/h9,11H,6-8H2,1-5H3. The summed E-state index contributed by atoms with van der Waals surface area (Å²) in [6.45, 7) is 10.6. The van der Waals surface area contributed by atoms with E-state index in [1.54, 1.807) is 0 Å². The molecule has 0 aromatic rings. The molecule has 0 fully saturated rings. The minimum Gasteiger partial charge on any atom is -0.296 e. The summed E-state index contributed by atoms with van der Waals surface area (Å²) in [6.07, 6.45) is 3.57. The zero-order chi connectivity index (χ0) is 9.61. The second-order valence-electron chi connectivity index (χ2n) is 4.24. The van der Waals surface area contributed by atoms with E-state index in [-0.39, 0.29) is 5.60 Å². The Labute approximate surface area is 76.6 Å². The first-order chi connectivity index (χ1) is 5.48.